The number of aryl methyl sites for hydroxylation is 2. The molecular weight excluding hydrogens is 316 g/mol. The van der Waals surface area contributed by atoms with E-state index in [1.807, 2.05) is 26.8 Å². The number of nitrogens with one attached hydrogen (secondary N) is 1. The van der Waals surface area contributed by atoms with E-state index in [1.165, 1.54) is 29.3 Å². The first-order valence-corrected chi connectivity index (χ1v) is 7.82. The highest BCUT2D eigenvalue weighted by Gasteiger charge is 2.15. The van der Waals surface area contributed by atoms with E-state index in [0.29, 0.717) is 0 Å². The van der Waals surface area contributed by atoms with Gasteiger partial charge in [-0.15, -0.1) is 0 Å². The van der Waals surface area contributed by atoms with E-state index < -0.39 is 4.92 Å². The third kappa shape index (κ3) is 3.66. The number of rotatable bonds is 4. The summed E-state index contributed by atoms with van der Waals surface area (Å²) >= 11 is 0. The van der Waals surface area contributed by atoms with Gasteiger partial charge in [-0.25, -0.2) is 0 Å². The predicted molar refractivity (Wildman–Crippen MR) is 99.0 cm³/mol. The molecule has 0 saturated heterocycles. The Balaban J connectivity index is 2.45. The van der Waals surface area contributed by atoms with Crippen molar-refractivity contribution in [2.75, 3.05) is 5.43 Å². The summed E-state index contributed by atoms with van der Waals surface area (Å²) < 4.78 is 0. The molecule has 0 unspecified atom stereocenters. The fourth-order valence-corrected chi connectivity index (χ4v) is 2.81. The van der Waals surface area contributed by atoms with Gasteiger partial charge in [0.1, 0.15) is 5.69 Å². The molecule has 0 atom stereocenters. The molecule has 0 fully saturated rings. The minimum atomic E-state index is -0.526. The van der Waals surface area contributed by atoms with Gasteiger partial charge in [-0.1, -0.05) is 6.07 Å². The lowest BCUT2D eigenvalue weighted by Crippen LogP contribution is -2.08. The van der Waals surface area contributed by atoms with E-state index in [-0.39, 0.29) is 16.9 Å². The molecule has 0 aliphatic carbocycles. The van der Waals surface area contributed by atoms with Crippen molar-refractivity contribution in [3.05, 3.63) is 67.8 Å². The normalized spacial score (nSPS) is 11.1. The molecule has 0 aliphatic heterocycles. The Hall–Kier alpha value is -3.20. The highest BCUT2D eigenvalue weighted by Crippen LogP contribution is 2.26. The van der Waals surface area contributed by atoms with Crippen LogP contribution in [-0.4, -0.2) is 10.6 Å². The predicted octanol–water partition coefficient (Wildman–Crippen LogP) is 4.54. The summed E-state index contributed by atoms with van der Waals surface area (Å²) in [5.41, 5.74) is 9.51. The summed E-state index contributed by atoms with van der Waals surface area (Å²) in [6, 6.07) is 8.29. The number of hydrogen-bond acceptors (Lipinski definition) is 5. The lowest BCUT2D eigenvalue weighted by molar-refractivity contribution is -0.384. The number of nitro benzene ring substituents is 1. The van der Waals surface area contributed by atoms with Crippen LogP contribution in [0.25, 0.3) is 0 Å². The largest absolute Gasteiger partial charge is 0.295 e. The third-order valence-corrected chi connectivity index (χ3v) is 4.40. The molecule has 0 saturated carbocycles. The Morgan fingerprint density at radius 3 is 2.28 bits per heavy atom. The molecule has 2 aromatic rings. The van der Waals surface area contributed by atoms with Crippen LogP contribution in [0.4, 0.5) is 11.4 Å². The van der Waals surface area contributed by atoms with Crippen LogP contribution in [0.5, 0.6) is 0 Å². The maximum atomic E-state index is 11.2. The second kappa shape index (κ2) is 7.14. The van der Waals surface area contributed by atoms with Crippen LogP contribution in [0.2, 0.25) is 0 Å². The van der Waals surface area contributed by atoms with E-state index in [0.717, 1.165) is 22.4 Å². The fraction of sp³-hybridized carbons (Fsp3) is 0.263. The SMILES string of the molecule is CC(=NNc1ccc(C#N)cc1[N+](=O)[O-])c1c(C)c(C)cc(C)c1C. The van der Waals surface area contributed by atoms with Crippen LogP contribution < -0.4 is 5.43 Å². The molecule has 0 aromatic heterocycles. The Labute approximate surface area is 147 Å². The highest BCUT2D eigenvalue weighted by atomic mass is 16.6. The monoisotopic (exact) mass is 336 g/mol. The van der Waals surface area contributed by atoms with Crippen molar-refractivity contribution in [2.24, 2.45) is 5.10 Å². The number of benzene rings is 2. The first-order valence-electron chi connectivity index (χ1n) is 7.82. The van der Waals surface area contributed by atoms with Gasteiger partial charge in [0.2, 0.25) is 0 Å². The standard InChI is InChI=1S/C19H20N4O2/c1-11-8-12(2)14(4)19(13(11)3)15(5)21-22-17-7-6-16(10-20)9-18(17)23(24)25/h6-9,22H,1-5H3. The van der Waals surface area contributed by atoms with Crippen LogP contribution in [-0.2, 0) is 0 Å². The van der Waals surface area contributed by atoms with Crippen molar-refractivity contribution in [1.29, 1.82) is 5.26 Å². The Bertz CT molecular complexity index is 898. The topological polar surface area (TPSA) is 91.3 Å². The summed E-state index contributed by atoms with van der Waals surface area (Å²) in [5.74, 6) is 0. The van der Waals surface area contributed by atoms with Gasteiger partial charge in [0.05, 0.1) is 22.3 Å². The zero-order chi connectivity index (χ0) is 18.7. The van der Waals surface area contributed by atoms with E-state index >= 15 is 0 Å². The third-order valence-electron chi connectivity index (χ3n) is 4.40. The van der Waals surface area contributed by atoms with Crippen LogP contribution >= 0.6 is 0 Å². The lowest BCUT2D eigenvalue weighted by atomic mass is 9.92. The molecule has 128 valence electrons. The van der Waals surface area contributed by atoms with Crippen molar-refractivity contribution < 1.29 is 4.92 Å². The van der Waals surface area contributed by atoms with Gasteiger partial charge < -0.3 is 0 Å². The smallest absolute Gasteiger partial charge is 0.271 e. The molecule has 0 spiro atoms. The van der Waals surface area contributed by atoms with E-state index in [2.05, 4.69) is 30.4 Å². The van der Waals surface area contributed by atoms with E-state index in [4.69, 9.17) is 5.26 Å². The minimum Gasteiger partial charge on any atom is -0.271 e. The van der Waals surface area contributed by atoms with Gasteiger partial charge >= 0.3 is 0 Å². The van der Waals surface area contributed by atoms with Crippen LogP contribution in [0.3, 0.4) is 0 Å². The summed E-state index contributed by atoms with van der Waals surface area (Å²) in [5, 5.41) is 24.5. The molecule has 6 nitrogen and oxygen atoms in total. The molecule has 0 radical (unpaired) electrons. The fourth-order valence-electron chi connectivity index (χ4n) is 2.81. The zero-order valence-electron chi connectivity index (χ0n) is 15.0. The molecule has 2 aromatic carbocycles. The molecule has 0 heterocycles. The second-order valence-electron chi connectivity index (χ2n) is 6.05. The zero-order valence-corrected chi connectivity index (χ0v) is 15.0. The highest BCUT2D eigenvalue weighted by molar-refractivity contribution is 6.02. The quantitative estimate of drug-likeness (QED) is 0.504. The molecule has 2 rings (SSSR count). The Kier molecular flexibility index (Phi) is 5.18. The number of anilines is 1. The average molecular weight is 336 g/mol. The second-order valence-corrected chi connectivity index (χ2v) is 6.05. The molecule has 0 aliphatic rings. The van der Waals surface area contributed by atoms with Crippen LogP contribution in [0.1, 0.15) is 40.3 Å². The summed E-state index contributed by atoms with van der Waals surface area (Å²) in [7, 11) is 0. The average Bonchev–Trinajstić information content (AvgIpc) is 2.58. The number of nitrogens with zero attached hydrogens (tertiary/aromatic N) is 3. The molecule has 0 bridgehead atoms. The van der Waals surface area contributed by atoms with Crippen molar-refractivity contribution >= 4 is 17.1 Å². The Morgan fingerprint density at radius 2 is 1.76 bits per heavy atom. The summed E-state index contributed by atoms with van der Waals surface area (Å²) in [6.45, 7) is 10.1. The van der Waals surface area contributed by atoms with Crippen LogP contribution in [0, 0.1) is 49.1 Å². The molecule has 1 N–H and O–H groups in total. The number of hydrogen-bond donors (Lipinski definition) is 1. The number of nitriles is 1. The minimum absolute atomic E-state index is 0.176. The van der Waals surface area contributed by atoms with Crippen molar-refractivity contribution in [2.45, 2.75) is 34.6 Å². The van der Waals surface area contributed by atoms with Crippen LogP contribution in [0.15, 0.2) is 29.4 Å². The van der Waals surface area contributed by atoms with Crippen molar-refractivity contribution in [3.63, 3.8) is 0 Å². The van der Waals surface area contributed by atoms with Gasteiger partial charge in [-0.3, -0.25) is 15.5 Å². The lowest BCUT2D eigenvalue weighted by Gasteiger charge is -2.15. The van der Waals surface area contributed by atoms with Gasteiger partial charge in [0, 0.05) is 11.6 Å². The van der Waals surface area contributed by atoms with Gasteiger partial charge in [0.25, 0.3) is 5.69 Å². The van der Waals surface area contributed by atoms with Gasteiger partial charge in [0.15, 0.2) is 0 Å². The first kappa shape index (κ1) is 18.1. The number of nitro groups is 1. The van der Waals surface area contributed by atoms with Gasteiger partial charge in [-0.05, 0) is 69.0 Å². The maximum Gasteiger partial charge on any atom is 0.295 e. The Morgan fingerprint density at radius 1 is 1.16 bits per heavy atom. The summed E-state index contributed by atoms with van der Waals surface area (Å²) in [4.78, 5) is 10.7. The molecule has 25 heavy (non-hydrogen) atoms. The van der Waals surface area contributed by atoms with Crippen molar-refractivity contribution in [1.82, 2.24) is 0 Å². The first-order chi connectivity index (χ1) is 11.8. The van der Waals surface area contributed by atoms with E-state index in [9.17, 15) is 10.1 Å². The maximum absolute atomic E-state index is 11.2. The molecule has 6 heteroatoms. The van der Waals surface area contributed by atoms with E-state index in [1.54, 1.807) is 0 Å². The van der Waals surface area contributed by atoms with Crippen molar-refractivity contribution in [3.8, 4) is 6.07 Å². The number of hydrazone groups is 1. The van der Waals surface area contributed by atoms with Gasteiger partial charge in [-0.2, -0.15) is 10.4 Å². The molecule has 0 amide bonds. The molecular formula is C19H20N4O2. The summed E-state index contributed by atoms with van der Waals surface area (Å²) in [6.07, 6.45) is 0.